The minimum atomic E-state index is -0.212. The van der Waals surface area contributed by atoms with E-state index in [1.54, 1.807) is 0 Å². The van der Waals surface area contributed by atoms with Gasteiger partial charge in [0.05, 0.1) is 5.92 Å². The summed E-state index contributed by atoms with van der Waals surface area (Å²) in [5.74, 6) is -0.0807. The van der Waals surface area contributed by atoms with Gasteiger partial charge in [-0.25, -0.2) is 0 Å². The normalized spacial score (nSPS) is 23.9. The fraction of sp³-hybridized carbons (Fsp3) is 0.889. The molecular formula is C18H32N2O3. The highest BCUT2D eigenvalue weighted by Crippen LogP contribution is 2.28. The van der Waals surface area contributed by atoms with Crippen molar-refractivity contribution >= 4 is 11.8 Å². The molecule has 2 rings (SSSR count). The minimum Gasteiger partial charge on any atom is -0.396 e. The number of hydrogen-bond donors (Lipinski definition) is 2. The molecule has 1 saturated carbocycles. The fourth-order valence-corrected chi connectivity index (χ4v) is 3.69. The zero-order chi connectivity index (χ0) is 16.9. The second kappa shape index (κ2) is 8.13. The Hall–Kier alpha value is -1.10. The lowest BCUT2D eigenvalue weighted by Crippen LogP contribution is -2.40. The van der Waals surface area contributed by atoms with Gasteiger partial charge in [-0.1, -0.05) is 39.5 Å². The molecule has 0 spiro atoms. The molecule has 0 aromatic carbocycles. The summed E-state index contributed by atoms with van der Waals surface area (Å²) in [6.45, 7) is 5.30. The number of hydrogen-bond acceptors (Lipinski definition) is 3. The van der Waals surface area contributed by atoms with Crippen molar-refractivity contribution in [2.24, 2.45) is 11.3 Å². The molecule has 23 heavy (non-hydrogen) atoms. The van der Waals surface area contributed by atoms with Crippen molar-refractivity contribution in [2.75, 3.05) is 19.7 Å². The predicted molar refractivity (Wildman–Crippen MR) is 89.8 cm³/mol. The lowest BCUT2D eigenvalue weighted by Gasteiger charge is -2.27. The van der Waals surface area contributed by atoms with Gasteiger partial charge in [-0.2, -0.15) is 0 Å². The second-order valence-corrected chi connectivity index (χ2v) is 7.95. The molecule has 2 aliphatic rings. The smallest absolute Gasteiger partial charge is 0.225 e. The van der Waals surface area contributed by atoms with Crippen molar-refractivity contribution in [3.8, 4) is 0 Å². The van der Waals surface area contributed by atoms with Crippen LogP contribution in [0.5, 0.6) is 0 Å². The Morgan fingerprint density at radius 1 is 1.26 bits per heavy atom. The molecule has 5 heteroatoms. The van der Waals surface area contributed by atoms with Gasteiger partial charge in [0.2, 0.25) is 11.8 Å². The number of likely N-dealkylation sites (tertiary alicyclic amines) is 1. The highest BCUT2D eigenvalue weighted by Gasteiger charge is 2.38. The Bertz CT molecular complexity index is 414. The van der Waals surface area contributed by atoms with Gasteiger partial charge in [0.15, 0.2) is 0 Å². The van der Waals surface area contributed by atoms with Crippen LogP contribution in [0.4, 0.5) is 0 Å². The molecule has 2 fully saturated rings. The van der Waals surface area contributed by atoms with E-state index in [9.17, 15) is 9.59 Å². The zero-order valence-electron chi connectivity index (χ0n) is 14.6. The largest absolute Gasteiger partial charge is 0.396 e. The molecule has 1 heterocycles. The third-order valence-corrected chi connectivity index (χ3v) is 5.32. The molecule has 0 bridgehead atoms. The standard InChI is InChI=1S/C18H32N2O3/c1-18(2,9-10-21)13-19-17(23)14-11-16(22)20(12-14)15-7-5-3-4-6-8-15/h14-15,21H,3-13H2,1-2H3,(H,19,23). The van der Waals surface area contributed by atoms with Gasteiger partial charge in [-0.3, -0.25) is 9.59 Å². The maximum Gasteiger partial charge on any atom is 0.225 e. The first kappa shape index (κ1) is 18.2. The second-order valence-electron chi connectivity index (χ2n) is 7.95. The summed E-state index contributed by atoms with van der Waals surface area (Å²) in [6, 6.07) is 0.341. The van der Waals surface area contributed by atoms with Crippen LogP contribution in [-0.4, -0.2) is 47.6 Å². The number of nitrogens with one attached hydrogen (secondary N) is 1. The third-order valence-electron chi connectivity index (χ3n) is 5.32. The van der Waals surface area contributed by atoms with Crippen molar-refractivity contribution < 1.29 is 14.7 Å². The van der Waals surface area contributed by atoms with Crippen LogP contribution < -0.4 is 5.32 Å². The van der Waals surface area contributed by atoms with E-state index in [1.165, 1.54) is 25.7 Å². The first-order valence-corrected chi connectivity index (χ1v) is 9.11. The van der Waals surface area contributed by atoms with Crippen LogP contribution in [0, 0.1) is 11.3 Å². The van der Waals surface area contributed by atoms with Crippen molar-refractivity contribution in [1.82, 2.24) is 10.2 Å². The molecule has 5 nitrogen and oxygen atoms in total. The molecule has 0 aromatic rings. The van der Waals surface area contributed by atoms with Crippen LogP contribution in [0.3, 0.4) is 0 Å². The summed E-state index contributed by atoms with van der Waals surface area (Å²) < 4.78 is 0. The summed E-state index contributed by atoms with van der Waals surface area (Å²) in [5.41, 5.74) is -0.117. The Morgan fingerprint density at radius 2 is 1.91 bits per heavy atom. The van der Waals surface area contributed by atoms with E-state index >= 15 is 0 Å². The Balaban J connectivity index is 1.85. The first-order chi connectivity index (χ1) is 10.9. The Morgan fingerprint density at radius 3 is 2.52 bits per heavy atom. The Kier molecular flexibility index (Phi) is 6.45. The molecule has 0 aromatic heterocycles. The Labute approximate surface area is 139 Å². The molecule has 1 unspecified atom stereocenters. The lowest BCUT2D eigenvalue weighted by atomic mass is 9.89. The monoisotopic (exact) mass is 324 g/mol. The molecule has 1 saturated heterocycles. The highest BCUT2D eigenvalue weighted by molar-refractivity contribution is 5.89. The van der Waals surface area contributed by atoms with Gasteiger partial charge in [0.1, 0.15) is 0 Å². The summed E-state index contributed by atoms with van der Waals surface area (Å²) >= 11 is 0. The van der Waals surface area contributed by atoms with E-state index in [0.29, 0.717) is 32.0 Å². The van der Waals surface area contributed by atoms with Gasteiger partial charge in [-0.15, -0.1) is 0 Å². The van der Waals surface area contributed by atoms with Crippen LogP contribution in [-0.2, 0) is 9.59 Å². The molecule has 2 amide bonds. The van der Waals surface area contributed by atoms with E-state index in [2.05, 4.69) is 5.32 Å². The van der Waals surface area contributed by atoms with Crippen LogP contribution >= 0.6 is 0 Å². The van der Waals surface area contributed by atoms with Gasteiger partial charge in [0.25, 0.3) is 0 Å². The van der Waals surface area contributed by atoms with Gasteiger partial charge in [0, 0.05) is 32.2 Å². The van der Waals surface area contributed by atoms with Gasteiger partial charge in [-0.05, 0) is 24.7 Å². The van der Waals surface area contributed by atoms with E-state index < -0.39 is 0 Å². The van der Waals surface area contributed by atoms with E-state index in [0.717, 1.165) is 12.8 Å². The first-order valence-electron chi connectivity index (χ1n) is 9.11. The van der Waals surface area contributed by atoms with E-state index in [4.69, 9.17) is 5.11 Å². The SMILES string of the molecule is CC(C)(CCO)CNC(=O)C1CC(=O)N(C2CCCCCC2)C1. The quantitative estimate of drug-likeness (QED) is 0.735. The number of carbonyl (C=O) groups excluding carboxylic acids is 2. The van der Waals surface area contributed by atoms with E-state index in [-0.39, 0.29) is 29.8 Å². The van der Waals surface area contributed by atoms with Crippen LogP contribution in [0.25, 0.3) is 0 Å². The van der Waals surface area contributed by atoms with Crippen LogP contribution in [0.1, 0.15) is 65.2 Å². The molecule has 132 valence electrons. The number of aliphatic hydroxyl groups excluding tert-OH is 1. The summed E-state index contributed by atoms with van der Waals surface area (Å²) in [6.07, 6.45) is 8.10. The third kappa shape index (κ3) is 5.20. The van der Waals surface area contributed by atoms with Gasteiger partial charge < -0.3 is 15.3 Å². The number of rotatable bonds is 6. The van der Waals surface area contributed by atoms with Gasteiger partial charge >= 0.3 is 0 Å². The average molecular weight is 324 g/mol. The van der Waals surface area contributed by atoms with Crippen molar-refractivity contribution in [3.63, 3.8) is 0 Å². The van der Waals surface area contributed by atoms with Crippen molar-refractivity contribution in [2.45, 2.75) is 71.3 Å². The fourth-order valence-electron chi connectivity index (χ4n) is 3.69. The predicted octanol–water partition coefficient (Wildman–Crippen LogP) is 2.08. The molecular weight excluding hydrogens is 292 g/mol. The summed E-state index contributed by atoms with van der Waals surface area (Å²) in [4.78, 5) is 26.7. The number of nitrogens with zero attached hydrogens (tertiary/aromatic N) is 1. The molecule has 2 N–H and O–H groups in total. The number of aliphatic hydroxyl groups is 1. The van der Waals surface area contributed by atoms with Crippen molar-refractivity contribution in [1.29, 1.82) is 0 Å². The molecule has 0 radical (unpaired) electrons. The van der Waals surface area contributed by atoms with Crippen molar-refractivity contribution in [3.05, 3.63) is 0 Å². The number of amides is 2. The maximum atomic E-state index is 12.4. The van der Waals surface area contributed by atoms with E-state index in [1.807, 2.05) is 18.7 Å². The molecule has 1 aliphatic heterocycles. The van der Waals surface area contributed by atoms with Crippen LogP contribution in [0.2, 0.25) is 0 Å². The maximum absolute atomic E-state index is 12.4. The topological polar surface area (TPSA) is 69.6 Å². The highest BCUT2D eigenvalue weighted by atomic mass is 16.3. The summed E-state index contributed by atoms with van der Waals surface area (Å²) in [5, 5.41) is 12.0. The average Bonchev–Trinajstić information content (AvgIpc) is 2.72. The lowest BCUT2D eigenvalue weighted by molar-refractivity contribution is -0.130. The minimum absolute atomic E-state index is 0.0134. The van der Waals surface area contributed by atoms with Crippen LogP contribution in [0.15, 0.2) is 0 Å². The molecule has 1 atom stereocenters. The summed E-state index contributed by atoms with van der Waals surface area (Å²) in [7, 11) is 0. The zero-order valence-corrected chi connectivity index (χ0v) is 14.6. The molecule has 1 aliphatic carbocycles. The number of carbonyl (C=O) groups is 2.